The van der Waals surface area contributed by atoms with Crippen LogP contribution in [-0.2, 0) is 13.0 Å². The molecule has 1 N–H and O–H groups in total. The third-order valence-corrected chi connectivity index (χ3v) is 5.11. The predicted octanol–water partition coefficient (Wildman–Crippen LogP) is 2.74. The van der Waals surface area contributed by atoms with Crippen molar-refractivity contribution in [3.05, 3.63) is 59.7 Å². The first-order chi connectivity index (χ1) is 11.8. The zero-order valence-electron chi connectivity index (χ0n) is 14.8. The molecule has 3 heteroatoms. The Hall–Kier alpha value is -2.00. The molecule has 0 bridgehead atoms. The second-order valence-corrected chi connectivity index (χ2v) is 6.74. The summed E-state index contributed by atoms with van der Waals surface area (Å²) in [6, 6.07) is 17.0. The minimum absolute atomic E-state index is 0.828. The van der Waals surface area contributed by atoms with Gasteiger partial charge in [0.15, 0.2) is 0 Å². The van der Waals surface area contributed by atoms with Crippen molar-refractivity contribution in [2.75, 3.05) is 27.3 Å². The van der Waals surface area contributed by atoms with Crippen LogP contribution in [0.15, 0.2) is 48.5 Å². The zero-order chi connectivity index (χ0) is 16.8. The van der Waals surface area contributed by atoms with Crippen molar-refractivity contribution >= 4 is 0 Å². The van der Waals surface area contributed by atoms with Gasteiger partial charge in [-0.1, -0.05) is 30.3 Å². The number of piperidine rings is 1. The van der Waals surface area contributed by atoms with Crippen LogP contribution >= 0.6 is 0 Å². The van der Waals surface area contributed by atoms with E-state index in [-0.39, 0.29) is 0 Å². The Labute approximate surface area is 145 Å². The molecular formula is C21H28NO2+. The van der Waals surface area contributed by atoms with Gasteiger partial charge in [0.1, 0.15) is 18.0 Å². The lowest BCUT2D eigenvalue weighted by Crippen LogP contribution is -3.11. The minimum Gasteiger partial charge on any atom is -0.497 e. The third kappa shape index (κ3) is 4.30. The molecule has 0 amide bonds. The molecule has 2 aromatic rings. The SMILES string of the molecule is COc1ccc(C[NH+]2CCC(Cc3ccccc3)CC2)c(OC)c1. The van der Waals surface area contributed by atoms with E-state index < -0.39 is 0 Å². The number of benzene rings is 2. The fraction of sp³-hybridized carbons (Fsp3) is 0.429. The van der Waals surface area contributed by atoms with Crippen molar-refractivity contribution < 1.29 is 14.4 Å². The molecule has 0 aromatic heterocycles. The maximum absolute atomic E-state index is 5.54. The van der Waals surface area contributed by atoms with Gasteiger partial charge in [0, 0.05) is 11.6 Å². The molecule has 1 fully saturated rings. The van der Waals surface area contributed by atoms with Crippen LogP contribution in [0.3, 0.4) is 0 Å². The second-order valence-electron chi connectivity index (χ2n) is 6.74. The number of methoxy groups -OCH3 is 2. The first-order valence-electron chi connectivity index (χ1n) is 8.87. The van der Waals surface area contributed by atoms with Crippen LogP contribution in [0.2, 0.25) is 0 Å². The lowest BCUT2D eigenvalue weighted by molar-refractivity contribution is -0.919. The Morgan fingerprint density at radius 2 is 1.71 bits per heavy atom. The van der Waals surface area contributed by atoms with Crippen LogP contribution in [-0.4, -0.2) is 27.3 Å². The van der Waals surface area contributed by atoms with E-state index >= 15 is 0 Å². The summed E-state index contributed by atoms with van der Waals surface area (Å²) >= 11 is 0. The van der Waals surface area contributed by atoms with Crippen LogP contribution in [0.25, 0.3) is 0 Å². The summed E-state index contributed by atoms with van der Waals surface area (Å²) in [6.45, 7) is 3.52. The Morgan fingerprint density at radius 1 is 0.958 bits per heavy atom. The average Bonchev–Trinajstić information content (AvgIpc) is 2.64. The Bertz CT molecular complexity index is 634. The number of hydrogen-bond acceptors (Lipinski definition) is 2. The van der Waals surface area contributed by atoms with Gasteiger partial charge in [-0.3, -0.25) is 0 Å². The quantitative estimate of drug-likeness (QED) is 0.882. The van der Waals surface area contributed by atoms with Gasteiger partial charge in [-0.25, -0.2) is 0 Å². The highest BCUT2D eigenvalue weighted by Crippen LogP contribution is 2.24. The number of nitrogens with one attached hydrogen (secondary N) is 1. The van der Waals surface area contributed by atoms with E-state index in [0.29, 0.717) is 0 Å². The van der Waals surface area contributed by atoms with Crippen molar-refractivity contribution in [3.63, 3.8) is 0 Å². The van der Waals surface area contributed by atoms with Gasteiger partial charge in [-0.2, -0.15) is 0 Å². The van der Waals surface area contributed by atoms with Crippen molar-refractivity contribution in [1.29, 1.82) is 0 Å². The lowest BCUT2D eigenvalue weighted by Gasteiger charge is -2.29. The molecule has 0 aliphatic carbocycles. The summed E-state index contributed by atoms with van der Waals surface area (Å²) in [5, 5.41) is 0. The number of likely N-dealkylation sites (tertiary alicyclic amines) is 1. The van der Waals surface area contributed by atoms with Crippen LogP contribution in [0.4, 0.5) is 0 Å². The van der Waals surface area contributed by atoms with Crippen molar-refractivity contribution in [3.8, 4) is 11.5 Å². The van der Waals surface area contributed by atoms with Gasteiger partial charge in [0.05, 0.1) is 27.3 Å². The molecule has 0 unspecified atom stereocenters. The lowest BCUT2D eigenvalue weighted by atomic mass is 9.90. The molecule has 3 nitrogen and oxygen atoms in total. The Morgan fingerprint density at radius 3 is 2.38 bits per heavy atom. The molecule has 0 saturated carbocycles. The molecule has 1 saturated heterocycles. The van der Waals surface area contributed by atoms with Gasteiger partial charge < -0.3 is 14.4 Å². The molecule has 3 rings (SSSR count). The van der Waals surface area contributed by atoms with Crippen LogP contribution in [0, 0.1) is 5.92 Å². The number of rotatable bonds is 6. The van der Waals surface area contributed by atoms with E-state index in [2.05, 4.69) is 36.4 Å². The van der Waals surface area contributed by atoms with Crippen molar-refractivity contribution in [2.24, 2.45) is 5.92 Å². The highest BCUT2D eigenvalue weighted by Gasteiger charge is 2.23. The first-order valence-corrected chi connectivity index (χ1v) is 8.87. The van der Waals surface area contributed by atoms with E-state index in [1.807, 2.05) is 12.1 Å². The predicted molar refractivity (Wildman–Crippen MR) is 96.8 cm³/mol. The molecule has 1 aliphatic rings. The van der Waals surface area contributed by atoms with E-state index in [4.69, 9.17) is 9.47 Å². The van der Waals surface area contributed by atoms with Crippen LogP contribution < -0.4 is 14.4 Å². The number of quaternary nitrogens is 1. The maximum Gasteiger partial charge on any atom is 0.131 e. The maximum atomic E-state index is 5.54. The molecule has 1 aliphatic heterocycles. The molecule has 0 radical (unpaired) electrons. The van der Waals surface area contributed by atoms with Gasteiger partial charge in [-0.05, 0) is 42.9 Å². The fourth-order valence-corrected chi connectivity index (χ4v) is 3.68. The second kappa shape index (κ2) is 8.20. The van der Waals surface area contributed by atoms with Gasteiger partial charge in [0.25, 0.3) is 0 Å². The van der Waals surface area contributed by atoms with E-state index in [1.165, 1.54) is 43.5 Å². The van der Waals surface area contributed by atoms with E-state index in [0.717, 1.165) is 24.0 Å². The summed E-state index contributed by atoms with van der Waals surface area (Å²) in [4.78, 5) is 1.66. The molecule has 0 atom stereocenters. The fourth-order valence-electron chi connectivity index (χ4n) is 3.68. The third-order valence-electron chi connectivity index (χ3n) is 5.11. The molecule has 1 heterocycles. The highest BCUT2D eigenvalue weighted by molar-refractivity contribution is 5.40. The summed E-state index contributed by atoms with van der Waals surface area (Å²) in [6.07, 6.45) is 3.84. The molecule has 24 heavy (non-hydrogen) atoms. The Kier molecular flexibility index (Phi) is 5.76. The molecule has 2 aromatic carbocycles. The minimum atomic E-state index is 0.828. The van der Waals surface area contributed by atoms with Gasteiger partial charge in [0.2, 0.25) is 0 Å². The monoisotopic (exact) mass is 326 g/mol. The number of ether oxygens (including phenoxy) is 2. The standard InChI is InChI=1S/C21H27NO2/c1-23-20-9-8-19(21(15-20)24-2)16-22-12-10-18(11-13-22)14-17-6-4-3-5-7-17/h3-9,15,18H,10-14,16H2,1-2H3/p+1. The smallest absolute Gasteiger partial charge is 0.131 e. The highest BCUT2D eigenvalue weighted by atomic mass is 16.5. The summed E-state index contributed by atoms with van der Waals surface area (Å²) in [5.74, 6) is 2.62. The number of hydrogen-bond donors (Lipinski definition) is 1. The average molecular weight is 326 g/mol. The first kappa shape index (κ1) is 16.8. The van der Waals surface area contributed by atoms with Crippen molar-refractivity contribution in [1.82, 2.24) is 0 Å². The zero-order valence-corrected chi connectivity index (χ0v) is 14.8. The summed E-state index contributed by atoms with van der Waals surface area (Å²) in [5.41, 5.74) is 2.75. The van der Waals surface area contributed by atoms with Crippen LogP contribution in [0.1, 0.15) is 24.0 Å². The van der Waals surface area contributed by atoms with E-state index in [9.17, 15) is 0 Å². The molecule has 128 valence electrons. The molecular weight excluding hydrogens is 298 g/mol. The largest absolute Gasteiger partial charge is 0.497 e. The molecule has 0 spiro atoms. The van der Waals surface area contributed by atoms with E-state index in [1.54, 1.807) is 19.1 Å². The van der Waals surface area contributed by atoms with Gasteiger partial charge >= 0.3 is 0 Å². The summed E-state index contributed by atoms with van der Waals surface area (Å²) in [7, 11) is 3.43. The summed E-state index contributed by atoms with van der Waals surface area (Å²) < 4.78 is 10.8. The topological polar surface area (TPSA) is 22.9 Å². The van der Waals surface area contributed by atoms with Crippen molar-refractivity contribution in [2.45, 2.75) is 25.8 Å². The Balaban J connectivity index is 1.54. The normalized spacial score (nSPS) is 20.6. The van der Waals surface area contributed by atoms with Gasteiger partial charge in [-0.15, -0.1) is 0 Å². The van der Waals surface area contributed by atoms with Crippen LogP contribution in [0.5, 0.6) is 11.5 Å².